The lowest BCUT2D eigenvalue weighted by molar-refractivity contribution is 0.0591. The van der Waals surface area contributed by atoms with Crippen LogP contribution in [-0.4, -0.2) is 56.9 Å². The quantitative estimate of drug-likeness (QED) is 0.577. The third kappa shape index (κ3) is 3.30. The highest BCUT2D eigenvalue weighted by molar-refractivity contribution is 5.96. The van der Waals surface area contributed by atoms with Crippen molar-refractivity contribution in [1.82, 2.24) is 4.57 Å². The number of para-hydroxylation sites is 1. The van der Waals surface area contributed by atoms with Crippen LogP contribution in [0.1, 0.15) is 20.7 Å². The van der Waals surface area contributed by atoms with E-state index in [2.05, 4.69) is 15.9 Å². The summed E-state index contributed by atoms with van der Waals surface area (Å²) in [6.07, 6.45) is 3.90. The first-order chi connectivity index (χ1) is 15.5. The van der Waals surface area contributed by atoms with E-state index in [1.54, 1.807) is 12.1 Å². The Morgan fingerprint density at radius 1 is 0.781 bits per heavy atom. The van der Waals surface area contributed by atoms with Crippen LogP contribution in [0.25, 0.3) is 5.69 Å². The molecule has 32 heavy (non-hydrogen) atoms. The average Bonchev–Trinajstić information content (AvgIpc) is 3.31. The van der Waals surface area contributed by atoms with Gasteiger partial charge < -0.3 is 23.8 Å². The maximum atomic E-state index is 12.4. The van der Waals surface area contributed by atoms with Crippen LogP contribution in [-0.2, 0) is 9.47 Å². The van der Waals surface area contributed by atoms with Crippen LogP contribution in [0.5, 0.6) is 0 Å². The molecule has 0 aliphatic carbocycles. The van der Waals surface area contributed by atoms with E-state index in [1.807, 2.05) is 53.4 Å². The van der Waals surface area contributed by atoms with Crippen molar-refractivity contribution < 1.29 is 19.1 Å². The third-order valence-corrected chi connectivity index (χ3v) is 6.38. The van der Waals surface area contributed by atoms with Crippen LogP contribution in [0, 0.1) is 5.41 Å². The Bertz CT molecular complexity index is 1140. The molecule has 2 fully saturated rings. The first-order valence-corrected chi connectivity index (χ1v) is 10.6. The number of ether oxygens (including phenoxy) is 2. The molecule has 7 nitrogen and oxygen atoms in total. The van der Waals surface area contributed by atoms with Crippen LogP contribution < -0.4 is 9.80 Å². The van der Waals surface area contributed by atoms with Crippen molar-refractivity contribution in [2.45, 2.75) is 0 Å². The summed E-state index contributed by atoms with van der Waals surface area (Å²) in [6, 6.07) is 17.2. The molecule has 0 atom stereocenters. The zero-order valence-electron chi connectivity index (χ0n) is 18.2. The summed E-state index contributed by atoms with van der Waals surface area (Å²) in [4.78, 5) is 28.7. The van der Waals surface area contributed by atoms with Gasteiger partial charge in [0.2, 0.25) is 0 Å². The Morgan fingerprint density at radius 2 is 1.41 bits per heavy atom. The summed E-state index contributed by atoms with van der Waals surface area (Å²) in [5, 5.41) is 0. The second kappa shape index (κ2) is 7.75. The summed E-state index contributed by atoms with van der Waals surface area (Å²) >= 11 is 0. The van der Waals surface area contributed by atoms with Crippen LogP contribution in [0.3, 0.4) is 0 Å². The van der Waals surface area contributed by atoms with Crippen molar-refractivity contribution >= 4 is 23.3 Å². The van der Waals surface area contributed by atoms with E-state index in [-0.39, 0.29) is 17.4 Å². The fourth-order valence-electron chi connectivity index (χ4n) is 4.82. The summed E-state index contributed by atoms with van der Waals surface area (Å²) in [7, 11) is 2.80. The molecular weight excluding hydrogens is 406 g/mol. The van der Waals surface area contributed by atoms with Gasteiger partial charge in [0.15, 0.2) is 0 Å². The number of nitrogens with zero attached hydrogens (tertiary/aromatic N) is 3. The number of benzene rings is 2. The number of carbonyl (C=O) groups excluding carboxylic acids is 2. The van der Waals surface area contributed by atoms with E-state index < -0.39 is 0 Å². The fourth-order valence-corrected chi connectivity index (χ4v) is 4.82. The maximum absolute atomic E-state index is 12.4. The van der Waals surface area contributed by atoms with E-state index >= 15 is 0 Å². The number of methoxy groups -OCH3 is 2. The van der Waals surface area contributed by atoms with E-state index in [0.717, 1.165) is 43.2 Å². The molecule has 0 N–H and O–H groups in total. The number of esters is 2. The molecule has 0 saturated carbocycles. The van der Waals surface area contributed by atoms with Gasteiger partial charge in [0.25, 0.3) is 0 Å². The van der Waals surface area contributed by atoms with Gasteiger partial charge in [-0.15, -0.1) is 0 Å². The normalized spacial score (nSPS) is 16.3. The molecule has 0 radical (unpaired) electrons. The van der Waals surface area contributed by atoms with Crippen molar-refractivity contribution in [3.63, 3.8) is 0 Å². The molecule has 2 aliphatic heterocycles. The van der Waals surface area contributed by atoms with Gasteiger partial charge in [-0.25, -0.2) is 9.59 Å². The van der Waals surface area contributed by atoms with Gasteiger partial charge in [-0.05, 0) is 48.5 Å². The number of carbonyl (C=O) groups is 2. The number of anilines is 2. The van der Waals surface area contributed by atoms with Crippen molar-refractivity contribution in [2.24, 2.45) is 5.41 Å². The molecule has 3 heterocycles. The van der Waals surface area contributed by atoms with Gasteiger partial charge in [0, 0.05) is 49.7 Å². The maximum Gasteiger partial charge on any atom is 0.340 e. The standard InChI is InChI=1S/C25H25N3O4/c1-31-23(29)18-8-10-19(11-9-18)27-14-25(15-27)16-28(17-25)21-7-5-6-20(24(30)32-2)22(21)26-12-3-4-13-26/h3-13H,14-17H2,1-2H3. The zero-order valence-corrected chi connectivity index (χ0v) is 18.2. The Morgan fingerprint density at radius 3 is 2.03 bits per heavy atom. The predicted molar refractivity (Wildman–Crippen MR) is 122 cm³/mol. The Hall–Kier alpha value is -3.74. The minimum Gasteiger partial charge on any atom is -0.465 e. The molecule has 7 heteroatoms. The van der Waals surface area contributed by atoms with Crippen molar-refractivity contribution in [2.75, 3.05) is 50.2 Å². The minimum atomic E-state index is -0.337. The summed E-state index contributed by atoms with van der Waals surface area (Å²) in [6.45, 7) is 3.80. The first kappa shape index (κ1) is 20.2. The van der Waals surface area contributed by atoms with E-state index in [0.29, 0.717) is 11.1 Å². The summed E-state index contributed by atoms with van der Waals surface area (Å²) in [5.74, 6) is -0.657. The third-order valence-electron chi connectivity index (χ3n) is 6.38. The molecule has 5 rings (SSSR count). The highest BCUT2D eigenvalue weighted by atomic mass is 16.5. The van der Waals surface area contributed by atoms with E-state index in [4.69, 9.17) is 9.47 Å². The molecule has 1 aromatic heterocycles. The molecule has 0 amide bonds. The number of hydrogen-bond donors (Lipinski definition) is 0. The van der Waals surface area contributed by atoms with Crippen molar-refractivity contribution in [3.8, 4) is 5.69 Å². The van der Waals surface area contributed by atoms with Gasteiger partial charge in [0.05, 0.1) is 36.7 Å². The molecule has 0 unspecified atom stereocenters. The molecule has 2 aromatic carbocycles. The van der Waals surface area contributed by atoms with E-state index in [9.17, 15) is 9.59 Å². The second-order valence-corrected chi connectivity index (χ2v) is 8.51. The smallest absolute Gasteiger partial charge is 0.340 e. The monoisotopic (exact) mass is 431 g/mol. The van der Waals surface area contributed by atoms with Crippen molar-refractivity contribution in [3.05, 3.63) is 78.1 Å². The zero-order chi connectivity index (χ0) is 22.3. The average molecular weight is 431 g/mol. The summed E-state index contributed by atoms with van der Waals surface area (Å²) in [5.41, 5.74) is 4.37. The molecule has 2 aliphatic rings. The van der Waals surface area contributed by atoms with Crippen molar-refractivity contribution in [1.29, 1.82) is 0 Å². The topological polar surface area (TPSA) is 64.0 Å². The van der Waals surface area contributed by atoms with Gasteiger partial charge in [0.1, 0.15) is 0 Å². The number of rotatable bonds is 5. The lowest BCUT2D eigenvalue weighted by Crippen LogP contribution is -2.72. The van der Waals surface area contributed by atoms with Crippen LogP contribution >= 0.6 is 0 Å². The highest BCUT2D eigenvalue weighted by Gasteiger charge is 2.52. The Kier molecular flexibility index (Phi) is 4.89. The van der Waals surface area contributed by atoms with Gasteiger partial charge >= 0.3 is 11.9 Å². The van der Waals surface area contributed by atoms with Gasteiger partial charge in [-0.3, -0.25) is 0 Å². The molecule has 0 bridgehead atoms. The largest absolute Gasteiger partial charge is 0.465 e. The number of hydrogen-bond acceptors (Lipinski definition) is 6. The SMILES string of the molecule is COC(=O)c1ccc(N2CC3(C2)CN(c2cccc(C(=O)OC)c2-n2cccc2)C3)cc1. The van der Waals surface area contributed by atoms with Crippen LogP contribution in [0.2, 0.25) is 0 Å². The highest BCUT2D eigenvalue weighted by Crippen LogP contribution is 2.45. The Balaban J connectivity index is 1.31. The lowest BCUT2D eigenvalue weighted by Gasteiger charge is -2.62. The van der Waals surface area contributed by atoms with Crippen LogP contribution in [0.15, 0.2) is 67.0 Å². The lowest BCUT2D eigenvalue weighted by atomic mass is 9.72. The number of aromatic nitrogens is 1. The first-order valence-electron chi connectivity index (χ1n) is 10.6. The van der Waals surface area contributed by atoms with Gasteiger partial charge in [-0.2, -0.15) is 0 Å². The van der Waals surface area contributed by atoms with E-state index in [1.165, 1.54) is 14.2 Å². The molecule has 2 saturated heterocycles. The summed E-state index contributed by atoms with van der Waals surface area (Å²) < 4.78 is 11.8. The fraction of sp³-hybridized carbons (Fsp3) is 0.280. The van der Waals surface area contributed by atoms with Crippen LogP contribution in [0.4, 0.5) is 11.4 Å². The predicted octanol–water partition coefficient (Wildman–Crippen LogP) is 3.38. The molecule has 164 valence electrons. The second-order valence-electron chi connectivity index (χ2n) is 8.51. The molecular formula is C25H25N3O4. The Labute approximate surface area is 186 Å². The minimum absolute atomic E-state index is 0.246. The molecule has 3 aromatic rings. The molecule has 1 spiro atoms. The van der Waals surface area contributed by atoms with Gasteiger partial charge in [-0.1, -0.05) is 6.07 Å².